The minimum absolute atomic E-state index is 0. The Balaban J connectivity index is 0.00000113. The van der Waals surface area contributed by atoms with Gasteiger partial charge in [0.15, 0.2) is 6.20 Å². The van der Waals surface area contributed by atoms with Crippen molar-refractivity contribution in [2.75, 3.05) is 0 Å². The second kappa shape index (κ2) is 9.24. The van der Waals surface area contributed by atoms with Crippen molar-refractivity contribution in [2.45, 2.75) is 0 Å². The Morgan fingerprint density at radius 1 is 0.962 bits per heavy atom. The number of H-pyrrole nitrogens is 1. The van der Waals surface area contributed by atoms with Gasteiger partial charge >= 0.3 is 17.9 Å². The quantitative estimate of drug-likeness (QED) is 0.465. The molecule has 0 aromatic carbocycles. The molecule has 0 saturated heterocycles. The summed E-state index contributed by atoms with van der Waals surface area (Å²) in [5.41, 5.74) is -0.524. The number of nitrogens with zero attached hydrogens (tertiary/aromatic N) is 2. The Labute approximate surface area is 143 Å². The highest BCUT2D eigenvalue weighted by atomic mass is 16.9. The molecule has 0 spiro atoms. The molecule has 2 aromatic rings. The highest BCUT2D eigenvalue weighted by Gasteiger charge is 2.18. The predicted molar refractivity (Wildman–Crippen MR) is 81.1 cm³/mol. The fourth-order valence-electron chi connectivity index (χ4n) is 1.65. The lowest BCUT2D eigenvalue weighted by Crippen LogP contribution is -2.12. The highest BCUT2D eigenvalue weighted by molar-refractivity contribution is 5.94. The molecular weight excluding hydrogens is 358 g/mol. The minimum atomic E-state index is -1.75. The smallest absolute Gasteiger partial charge is 0.354 e. The molecule has 0 bridgehead atoms. The number of carboxylic acids is 3. The van der Waals surface area contributed by atoms with Gasteiger partial charge in [-0.3, -0.25) is 0 Å². The highest BCUT2D eigenvalue weighted by Crippen LogP contribution is 2.17. The Morgan fingerprint density at radius 2 is 1.50 bits per heavy atom. The van der Waals surface area contributed by atoms with Gasteiger partial charge in [-0.05, 0) is 12.1 Å². The van der Waals surface area contributed by atoms with Gasteiger partial charge in [0.1, 0.15) is 11.4 Å². The maximum absolute atomic E-state index is 11.0. The van der Waals surface area contributed by atoms with Crippen LogP contribution in [0.1, 0.15) is 31.2 Å². The molecule has 2 aromatic heterocycles. The number of rotatable bonds is 4. The summed E-state index contributed by atoms with van der Waals surface area (Å²) in [7, 11) is 0. The van der Waals surface area contributed by atoms with Crippen LogP contribution in [-0.4, -0.2) is 48.8 Å². The molecule has 0 radical (unpaired) electrons. The Kier molecular flexibility index (Phi) is 7.77. The maximum Gasteiger partial charge on any atom is 0.354 e. The fraction of sp³-hybridized carbons (Fsp3) is 0. The molecule has 0 saturated carbocycles. The number of carboxylic acid groups (broad SMARTS) is 3. The average Bonchev–Trinajstić information content (AvgIpc) is 2.53. The number of nitrogens with one attached hydrogen (secondary N) is 1. The van der Waals surface area contributed by atoms with Gasteiger partial charge in [0.25, 0.3) is 0 Å². The lowest BCUT2D eigenvalue weighted by molar-refractivity contribution is -0.402. The van der Waals surface area contributed by atoms with E-state index in [-0.39, 0.29) is 28.0 Å². The largest absolute Gasteiger partial charge is 0.478 e. The van der Waals surface area contributed by atoms with E-state index in [0.717, 1.165) is 12.1 Å². The van der Waals surface area contributed by atoms with Crippen LogP contribution >= 0.6 is 0 Å². The van der Waals surface area contributed by atoms with E-state index in [1.165, 1.54) is 18.3 Å². The first-order chi connectivity index (χ1) is 11.6. The summed E-state index contributed by atoms with van der Waals surface area (Å²) in [6.07, 6.45) is 1.34. The summed E-state index contributed by atoms with van der Waals surface area (Å²) in [6.45, 7) is 0. The summed E-state index contributed by atoms with van der Waals surface area (Å²) in [4.78, 5) is 47.6. The number of carbonyl (C=O) groups is 3. The van der Waals surface area contributed by atoms with Crippen LogP contribution in [0, 0.1) is 15.3 Å². The second-order valence-corrected chi connectivity index (χ2v) is 4.26. The van der Waals surface area contributed by atoms with Crippen molar-refractivity contribution in [2.24, 2.45) is 0 Å². The van der Waals surface area contributed by atoms with Crippen LogP contribution in [0.4, 0.5) is 0 Å². The van der Waals surface area contributed by atoms with Crippen molar-refractivity contribution in [3.63, 3.8) is 0 Å². The van der Waals surface area contributed by atoms with Gasteiger partial charge in [0.05, 0.1) is 16.2 Å². The van der Waals surface area contributed by atoms with Gasteiger partial charge in [-0.15, -0.1) is 0 Å². The van der Waals surface area contributed by atoms with E-state index in [9.17, 15) is 14.4 Å². The van der Waals surface area contributed by atoms with Crippen LogP contribution in [0.25, 0.3) is 11.4 Å². The van der Waals surface area contributed by atoms with Crippen LogP contribution in [0.3, 0.4) is 0 Å². The molecule has 0 aliphatic rings. The van der Waals surface area contributed by atoms with E-state index in [2.05, 4.69) is 9.97 Å². The topological polar surface area (TPSA) is 237 Å². The molecular formula is C13H11N3O10. The zero-order chi connectivity index (χ0) is 19.1. The molecule has 13 nitrogen and oxygen atoms in total. The number of aromatic carboxylic acids is 3. The van der Waals surface area contributed by atoms with E-state index in [1.807, 2.05) is 0 Å². The third kappa shape index (κ3) is 6.17. The van der Waals surface area contributed by atoms with E-state index >= 15 is 0 Å². The molecule has 138 valence electrons. The fourth-order valence-corrected chi connectivity index (χ4v) is 1.65. The van der Waals surface area contributed by atoms with E-state index in [4.69, 9.17) is 30.6 Å². The summed E-state index contributed by atoms with van der Waals surface area (Å²) in [5.74, 6) is -3.86. The van der Waals surface area contributed by atoms with Crippen LogP contribution in [-0.2, 0) is 0 Å². The third-order valence-corrected chi connectivity index (χ3v) is 2.62. The average molecular weight is 369 g/mol. The van der Waals surface area contributed by atoms with Gasteiger partial charge in [0, 0.05) is 12.1 Å². The normalized spacial score (nSPS) is 9.08. The summed E-state index contributed by atoms with van der Waals surface area (Å²) in [5, 5.41) is 41.6. The lowest BCUT2D eigenvalue weighted by Gasteiger charge is -2.02. The van der Waals surface area contributed by atoms with Crippen LogP contribution < -0.4 is 4.98 Å². The van der Waals surface area contributed by atoms with Crippen molar-refractivity contribution in [3.05, 3.63) is 62.6 Å². The first-order valence-corrected chi connectivity index (χ1v) is 6.17. The van der Waals surface area contributed by atoms with E-state index in [1.54, 1.807) is 0 Å². The summed E-state index contributed by atoms with van der Waals surface area (Å²) in [6, 6.07) is 4.63. The molecule has 0 aliphatic carbocycles. The zero-order valence-corrected chi connectivity index (χ0v) is 12.6. The standard InChI is InChI=1S/C13H8N2O6.NO3.H2O/c16-11(17)6-1-2-14-8(3-6)9-4-7(12(18)19)5-10(15-9)13(20)21;2-1(3)4;/h1-5H,(H,16,17)(H,18,19)(H,20,21);;1H2/q;-1;/p+1. The van der Waals surface area contributed by atoms with Crippen LogP contribution in [0.2, 0.25) is 0 Å². The predicted octanol–water partition coefficient (Wildman–Crippen LogP) is -0.407. The zero-order valence-electron chi connectivity index (χ0n) is 12.6. The molecule has 2 heterocycles. The number of hydrogen-bond acceptors (Lipinski definition) is 7. The third-order valence-electron chi connectivity index (χ3n) is 2.62. The Bertz CT molecular complexity index is 816. The van der Waals surface area contributed by atoms with Gasteiger partial charge in [-0.2, -0.15) is 0 Å². The molecule has 26 heavy (non-hydrogen) atoms. The van der Waals surface area contributed by atoms with Crippen molar-refractivity contribution in [1.29, 1.82) is 0 Å². The second-order valence-electron chi connectivity index (χ2n) is 4.26. The molecule has 0 atom stereocenters. The van der Waals surface area contributed by atoms with Gasteiger partial charge in [0.2, 0.25) is 5.69 Å². The first-order valence-electron chi connectivity index (χ1n) is 6.17. The van der Waals surface area contributed by atoms with Crippen LogP contribution in [0.5, 0.6) is 0 Å². The number of aromatic nitrogens is 2. The number of aromatic amines is 1. The van der Waals surface area contributed by atoms with Crippen molar-refractivity contribution < 1.29 is 45.2 Å². The number of pyridine rings is 2. The van der Waals surface area contributed by atoms with E-state index in [0.29, 0.717) is 0 Å². The monoisotopic (exact) mass is 369 g/mol. The SMILES string of the molecule is O.O=C(O)c1cc(C(=O)O)nc(-c2cc(C(=O)O)cc[nH+]2)c1.O=[N+]([O-])[O-]. The van der Waals surface area contributed by atoms with E-state index < -0.39 is 28.7 Å². The molecule has 0 unspecified atom stereocenters. The van der Waals surface area contributed by atoms with Gasteiger partial charge in [-0.1, -0.05) is 0 Å². The van der Waals surface area contributed by atoms with Crippen molar-refractivity contribution in [3.8, 4) is 11.4 Å². The van der Waals surface area contributed by atoms with Crippen molar-refractivity contribution in [1.82, 2.24) is 4.98 Å². The molecule has 0 fully saturated rings. The maximum atomic E-state index is 11.0. The Hall–Kier alpha value is -4.13. The minimum Gasteiger partial charge on any atom is -0.478 e. The molecule has 13 heteroatoms. The molecule has 2 rings (SSSR count). The summed E-state index contributed by atoms with van der Waals surface area (Å²) < 4.78 is 0. The van der Waals surface area contributed by atoms with Gasteiger partial charge < -0.3 is 36.1 Å². The first kappa shape index (κ1) is 21.9. The molecule has 0 aliphatic heterocycles. The number of hydrogen-bond donors (Lipinski definition) is 3. The Morgan fingerprint density at radius 3 is 1.96 bits per heavy atom. The van der Waals surface area contributed by atoms with Gasteiger partial charge in [-0.25, -0.2) is 24.4 Å². The summed E-state index contributed by atoms with van der Waals surface area (Å²) >= 11 is 0. The van der Waals surface area contributed by atoms with Crippen molar-refractivity contribution >= 4 is 17.9 Å². The van der Waals surface area contributed by atoms with Crippen LogP contribution in [0.15, 0.2) is 30.5 Å². The lowest BCUT2D eigenvalue weighted by atomic mass is 10.1. The molecule has 6 N–H and O–H groups in total. The molecule has 0 amide bonds.